The molecular formula is C14H14BrFN2O2. The predicted molar refractivity (Wildman–Crippen MR) is 74.8 cm³/mol. The molecule has 0 spiro atoms. The first kappa shape index (κ1) is 13.7. The fraction of sp³-hybridized carbons (Fsp3) is 0.429. The minimum Gasteiger partial charge on any atom is -0.378 e. The lowest BCUT2D eigenvalue weighted by atomic mass is 9.96. The van der Waals surface area contributed by atoms with E-state index in [0.717, 1.165) is 18.4 Å². The largest absolute Gasteiger partial charge is 0.378 e. The molecule has 1 saturated heterocycles. The molecule has 0 bridgehead atoms. The molecule has 106 valence electrons. The number of hydrogen-bond donors (Lipinski definition) is 0. The van der Waals surface area contributed by atoms with E-state index in [1.54, 1.807) is 6.07 Å². The maximum Gasteiger partial charge on any atom is 0.230 e. The van der Waals surface area contributed by atoms with Crippen LogP contribution in [0.4, 0.5) is 4.39 Å². The maximum absolute atomic E-state index is 13.1. The normalized spacial score (nSPS) is 22.9. The zero-order valence-corrected chi connectivity index (χ0v) is 12.6. The summed E-state index contributed by atoms with van der Waals surface area (Å²) >= 11 is 3.32. The first-order chi connectivity index (χ1) is 9.63. The second-order valence-corrected chi connectivity index (χ2v) is 5.84. The lowest BCUT2D eigenvalue weighted by molar-refractivity contribution is 0.0134. The monoisotopic (exact) mass is 340 g/mol. The van der Waals surface area contributed by atoms with Crippen LogP contribution >= 0.6 is 15.9 Å². The van der Waals surface area contributed by atoms with Gasteiger partial charge in [0.15, 0.2) is 0 Å². The van der Waals surface area contributed by atoms with Crippen LogP contribution in [0.3, 0.4) is 0 Å². The average molecular weight is 341 g/mol. The van der Waals surface area contributed by atoms with Gasteiger partial charge in [0.2, 0.25) is 11.7 Å². The molecule has 6 heteroatoms. The van der Waals surface area contributed by atoms with E-state index in [0.29, 0.717) is 22.8 Å². The van der Waals surface area contributed by atoms with Crippen molar-refractivity contribution in [3.63, 3.8) is 0 Å². The third-order valence-electron chi connectivity index (χ3n) is 3.45. The summed E-state index contributed by atoms with van der Waals surface area (Å²) in [6.45, 7) is 2.75. The van der Waals surface area contributed by atoms with Crippen LogP contribution in [0.15, 0.2) is 27.2 Å². The van der Waals surface area contributed by atoms with E-state index in [2.05, 4.69) is 26.1 Å². The summed E-state index contributed by atoms with van der Waals surface area (Å²) in [5, 5.41) is 4.00. The summed E-state index contributed by atoms with van der Waals surface area (Å²) in [6, 6.07) is 4.41. The van der Waals surface area contributed by atoms with Crippen LogP contribution in [-0.2, 0) is 4.74 Å². The number of benzene rings is 1. The molecule has 0 saturated carbocycles. The van der Waals surface area contributed by atoms with E-state index in [-0.39, 0.29) is 17.8 Å². The van der Waals surface area contributed by atoms with E-state index >= 15 is 0 Å². The minimum atomic E-state index is -0.303. The number of nitrogens with zero attached hydrogens (tertiary/aromatic N) is 2. The Hall–Kier alpha value is -1.27. The van der Waals surface area contributed by atoms with Crippen molar-refractivity contribution < 1.29 is 13.7 Å². The highest BCUT2D eigenvalue weighted by Gasteiger charge is 2.26. The van der Waals surface area contributed by atoms with Crippen molar-refractivity contribution in [3.05, 3.63) is 34.4 Å². The Balaban J connectivity index is 1.86. The smallest absolute Gasteiger partial charge is 0.230 e. The number of rotatable bonds is 2. The van der Waals surface area contributed by atoms with E-state index in [1.165, 1.54) is 12.1 Å². The molecule has 1 aromatic heterocycles. The van der Waals surface area contributed by atoms with E-state index < -0.39 is 0 Å². The number of aromatic nitrogens is 2. The third-order valence-corrected chi connectivity index (χ3v) is 4.10. The van der Waals surface area contributed by atoms with Gasteiger partial charge in [-0.25, -0.2) is 4.39 Å². The van der Waals surface area contributed by atoms with Crippen LogP contribution in [0.5, 0.6) is 0 Å². The van der Waals surface area contributed by atoms with Gasteiger partial charge in [0, 0.05) is 22.6 Å². The summed E-state index contributed by atoms with van der Waals surface area (Å²) in [6.07, 6.45) is 1.98. The molecule has 0 aliphatic carbocycles. The first-order valence-electron chi connectivity index (χ1n) is 6.54. The quantitative estimate of drug-likeness (QED) is 0.831. The van der Waals surface area contributed by atoms with Gasteiger partial charge in [-0.15, -0.1) is 0 Å². The SMILES string of the molecule is CC1CC(c2nc(-c3ccc(F)cc3Br)no2)CCO1. The van der Waals surface area contributed by atoms with Crippen LogP contribution in [-0.4, -0.2) is 22.9 Å². The van der Waals surface area contributed by atoms with E-state index in [9.17, 15) is 4.39 Å². The van der Waals surface area contributed by atoms with Crippen LogP contribution in [0.1, 0.15) is 31.6 Å². The summed E-state index contributed by atoms with van der Waals surface area (Å²) < 4.78 is 24.6. The molecule has 0 amide bonds. The zero-order valence-electron chi connectivity index (χ0n) is 11.0. The molecule has 2 unspecified atom stereocenters. The lowest BCUT2D eigenvalue weighted by Gasteiger charge is -2.24. The average Bonchev–Trinajstić information content (AvgIpc) is 2.88. The fourth-order valence-electron chi connectivity index (χ4n) is 2.40. The van der Waals surface area contributed by atoms with Crippen molar-refractivity contribution in [1.29, 1.82) is 0 Å². The molecule has 4 nitrogen and oxygen atoms in total. The van der Waals surface area contributed by atoms with Gasteiger partial charge in [-0.1, -0.05) is 5.16 Å². The van der Waals surface area contributed by atoms with Gasteiger partial charge in [0.1, 0.15) is 5.82 Å². The Morgan fingerprint density at radius 3 is 3.00 bits per heavy atom. The molecular weight excluding hydrogens is 327 g/mol. The Bertz CT molecular complexity index is 617. The minimum absolute atomic E-state index is 0.210. The predicted octanol–water partition coefficient (Wildman–Crippen LogP) is 3.92. The second kappa shape index (κ2) is 5.61. The van der Waals surface area contributed by atoms with Crippen molar-refractivity contribution in [2.75, 3.05) is 6.61 Å². The molecule has 2 heterocycles. The van der Waals surface area contributed by atoms with Crippen LogP contribution < -0.4 is 0 Å². The van der Waals surface area contributed by atoms with Crippen molar-refractivity contribution in [2.45, 2.75) is 31.8 Å². The van der Waals surface area contributed by atoms with Gasteiger partial charge in [0.05, 0.1) is 6.10 Å². The van der Waals surface area contributed by atoms with Gasteiger partial charge in [-0.3, -0.25) is 0 Å². The molecule has 1 fully saturated rings. The Labute approximate surface area is 124 Å². The molecule has 1 aliphatic heterocycles. The van der Waals surface area contributed by atoms with Crippen LogP contribution in [0.25, 0.3) is 11.4 Å². The van der Waals surface area contributed by atoms with E-state index in [4.69, 9.17) is 9.26 Å². The van der Waals surface area contributed by atoms with Crippen molar-refractivity contribution in [3.8, 4) is 11.4 Å². The second-order valence-electron chi connectivity index (χ2n) is 4.98. The van der Waals surface area contributed by atoms with Gasteiger partial charge in [0.25, 0.3) is 0 Å². The van der Waals surface area contributed by atoms with Gasteiger partial charge < -0.3 is 9.26 Å². The highest BCUT2D eigenvalue weighted by Crippen LogP contribution is 2.32. The Morgan fingerprint density at radius 2 is 2.25 bits per heavy atom. The van der Waals surface area contributed by atoms with Gasteiger partial charge in [-0.2, -0.15) is 4.98 Å². The molecule has 3 rings (SSSR count). The Kier molecular flexibility index (Phi) is 3.85. The van der Waals surface area contributed by atoms with Crippen LogP contribution in [0, 0.1) is 5.82 Å². The molecule has 0 N–H and O–H groups in total. The van der Waals surface area contributed by atoms with Crippen molar-refractivity contribution in [2.24, 2.45) is 0 Å². The number of ether oxygens (including phenoxy) is 1. The lowest BCUT2D eigenvalue weighted by Crippen LogP contribution is -2.21. The zero-order chi connectivity index (χ0) is 14.1. The Morgan fingerprint density at radius 1 is 1.40 bits per heavy atom. The summed E-state index contributed by atoms with van der Waals surface area (Å²) in [4.78, 5) is 4.44. The van der Waals surface area contributed by atoms with E-state index in [1.807, 2.05) is 6.92 Å². The highest BCUT2D eigenvalue weighted by atomic mass is 79.9. The number of halogens is 2. The molecule has 2 aromatic rings. The molecule has 20 heavy (non-hydrogen) atoms. The van der Waals surface area contributed by atoms with Crippen LogP contribution in [0.2, 0.25) is 0 Å². The topological polar surface area (TPSA) is 48.2 Å². The fourth-order valence-corrected chi connectivity index (χ4v) is 2.93. The molecule has 0 radical (unpaired) electrons. The van der Waals surface area contributed by atoms with Crippen molar-refractivity contribution in [1.82, 2.24) is 10.1 Å². The summed E-state index contributed by atoms with van der Waals surface area (Å²) in [7, 11) is 0. The summed E-state index contributed by atoms with van der Waals surface area (Å²) in [5.41, 5.74) is 0.724. The highest BCUT2D eigenvalue weighted by molar-refractivity contribution is 9.10. The summed E-state index contributed by atoms with van der Waals surface area (Å²) in [5.74, 6) is 1.04. The maximum atomic E-state index is 13.1. The van der Waals surface area contributed by atoms with Crippen molar-refractivity contribution >= 4 is 15.9 Å². The van der Waals surface area contributed by atoms with Gasteiger partial charge in [-0.05, 0) is 53.9 Å². The third kappa shape index (κ3) is 2.76. The molecule has 2 atom stereocenters. The number of hydrogen-bond acceptors (Lipinski definition) is 4. The first-order valence-corrected chi connectivity index (χ1v) is 7.33. The van der Waals surface area contributed by atoms with Gasteiger partial charge >= 0.3 is 0 Å². The molecule has 1 aliphatic rings. The molecule has 1 aromatic carbocycles. The standard InChI is InChI=1S/C14H14BrFN2O2/c1-8-6-9(4-5-19-8)14-17-13(18-20-14)11-3-2-10(16)7-12(11)15/h2-3,7-9H,4-6H2,1H3.